The molecule has 0 heterocycles. The molecule has 6 heteroatoms. The number of carbonyl (C=O) groups excluding carboxylic acids is 2. The SMILES string of the molecule is CC1CCCCC1NC(=O)C(=O)Nc1c(F)cccc1F. The van der Waals surface area contributed by atoms with Gasteiger partial charge < -0.3 is 10.6 Å². The molecule has 1 aliphatic rings. The fourth-order valence-electron chi connectivity index (χ4n) is 2.55. The third-order valence-corrected chi connectivity index (χ3v) is 3.84. The first-order chi connectivity index (χ1) is 9.99. The van der Waals surface area contributed by atoms with Crippen molar-refractivity contribution in [3.63, 3.8) is 0 Å². The Bertz CT molecular complexity index is 528. The lowest BCUT2D eigenvalue weighted by molar-refractivity contribution is -0.137. The minimum atomic E-state index is -1.06. The summed E-state index contributed by atoms with van der Waals surface area (Å²) in [5.74, 6) is -3.46. The summed E-state index contributed by atoms with van der Waals surface area (Å²) < 4.78 is 26.8. The molecule has 1 aliphatic carbocycles. The van der Waals surface area contributed by atoms with E-state index in [9.17, 15) is 18.4 Å². The third kappa shape index (κ3) is 3.77. The molecule has 2 atom stereocenters. The standard InChI is InChI=1S/C15H18F2N2O2/c1-9-5-2-3-8-12(9)18-14(20)15(21)19-13-10(16)6-4-7-11(13)17/h4,6-7,9,12H,2-3,5,8H2,1H3,(H,18,20)(H,19,21). The Morgan fingerprint density at radius 3 is 2.33 bits per heavy atom. The topological polar surface area (TPSA) is 58.2 Å². The summed E-state index contributed by atoms with van der Waals surface area (Å²) in [5, 5.41) is 4.61. The zero-order chi connectivity index (χ0) is 15.4. The van der Waals surface area contributed by atoms with Crippen LogP contribution in [0, 0.1) is 17.6 Å². The Kier molecular flexibility index (Phi) is 4.88. The van der Waals surface area contributed by atoms with Gasteiger partial charge in [-0.25, -0.2) is 8.78 Å². The summed E-state index contributed by atoms with van der Waals surface area (Å²) in [4.78, 5) is 23.6. The van der Waals surface area contributed by atoms with E-state index in [0.717, 1.165) is 37.8 Å². The molecule has 0 saturated heterocycles. The van der Waals surface area contributed by atoms with Gasteiger partial charge in [-0.2, -0.15) is 0 Å². The first kappa shape index (κ1) is 15.4. The maximum atomic E-state index is 13.4. The van der Waals surface area contributed by atoms with E-state index in [1.165, 1.54) is 6.07 Å². The molecule has 21 heavy (non-hydrogen) atoms. The highest BCUT2D eigenvalue weighted by molar-refractivity contribution is 6.39. The first-order valence-corrected chi connectivity index (χ1v) is 7.05. The van der Waals surface area contributed by atoms with E-state index < -0.39 is 29.1 Å². The molecule has 4 nitrogen and oxygen atoms in total. The summed E-state index contributed by atoms with van der Waals surface area (Å²) in [5.41, 5.74) is -0.602. The molecule has 1 fully saturated rings. The molecule has 114 valence electrons. The molecule has 2 amide bonds. The van der Waals surface area contributed by atoms with Crippen molar-refractivity contribution in [3.8, 4) is 0 Å². The van der Waals surface area contributed by atoms with Gasteiger partial charge in [0.05, 0.1) is 0 Å². The Balaban J connectivity index is 1.98. The maximum absolute atomic E-state index is 13.4. The number of benzene rings is 1. The summed E-state index contributed by atoms with van der Waals surface area (Å²) in [6.45, 7) is 2.01. The maximum Gasteiger partial charge on any atom is 0.313 e. The van der Waals surface area contributed by atoms with Crippen LogP contribution in [0.3, 0.4) is 0 Å². The molecule has 1 aromatic rings. The number of carbonyl (C=O) groups is 2. The quantitative estimate of drug-likeness (QED) is 0.824. The molecular weight excluding hydrogens is 278 g/mol. The van der Waals surface area contributed by atoms with Crippen LogP contribution in [0.25, 0.3) is 0 Å². The minimum absolute atomic E-state index is 0.0672. The van der Waals surface area contributed by atoms with Gasteiger partial charge in [-0.05, 0) is 30.9 Å². The molecule has 0 radical (unpaired) electrons. The molecule has 0 aliphatic heterocycles. The average molecular weight is 296 g/mol. The van der Waals surface area contributed by atoms with Crippen LogP contribution in [-0.4, -0.2) is 17.9 Å². The van der Waals surface area contributed by atoms with Gasteiger partial charge in [0.15, 0.2) is 0 Å². The third-order valence-electron chi connectivity index (χ3n) is 3.84. The molecule has 2 unspecified atom stereocenters. The highest BCUT2D eigenvalue weighted by Gasteiger charge is 2.26. The van der Waals surface area contributed by atoms with Crippen molar-refractivity contribution in [2.24, 2.45) is 5.92 Å². The molecule has 1 aromatic carbocycles. The molecule has 0 spiro atoms. The highest BCUT2D eigenvalue weighted by atomic mass is 19.1. The van der Waals surface area contributed by atoms with E-state index in [1.54, 1.807) is 0 Å². The molecule has 2 N–H and O–H groups in total. The Morgan fingerprint density at radius 2 is 1.71 bits per heavy atom. The van der Waals surface area contributed by atoms with Crippen molar-refractivity contribution in [2.75, 3.05) is 5.32 Å². The van der Waals surface area contributed by atoms with Gasteiger partial charge in [-0.3, -0.25) is 9.59 Å². The van der Waals surface area contributed by atoms with Gasteiger partial charge in [0, 0.05) is 6.04 Å². The minimum Gasteiger partial charge on any atom is -0.345 e. The second-order valence-corrected chi connectivity index (χ2v) is 5.39. The van der Waals surface area contributed by atoms with Crippen LogP contribution in [-0.2, 0) is 9.59 Å². The Hall–Kier alpha value is -1.98. The molecule has 2 rings (SSSR count). The van der Waals surface area contributed by atoms with Gasteiger partial charge in [0.1, 0.15) is 17.3 Å². The number of nitrogens with one attached hydrogen (secondary N) is 2. The Labute approximate surface area is 121 Å². The van der Waals surface area contributed by atoms with Crippen molar-refractivity contribution >= 4 is 17.5 Å². The molecule has 0 aromatic heterocycles. The van der Waals surface area contributed by atoms with Gasteiger partial charge in [0.25, 0.3) is 0 Å². The second kappa shape index (κ2) is 6.65. The van der Waals surface area contributed by atoms with Crippen LogP contribution in [0.5, 0.6) is 0 Å². The van der Waals surface area contributed by atoms with Crippen molar-refractivity contribution in [2.45, 2.75) is 38.6 Å². The molecular formula is C15H18F2N2O2. The lowest BCUT2D eigenvalue weighted by atomic mass is 9.86. The van der Waals surface area contributed by atoms with Crippen molar-refractivity contribution in [3.05, 3.63) is 29.8 Å². The van der Waals surface area contributed by atoms with Crippen LogP contribution in [0.4, 0.5) is 14.5 Å². The zero-order valence-electron chi connectivity index (χ0n) is 11.8. The van der Waals surface area contributed by atoms with Crippen LogP contribution in [0.15, 0.2) is 18.2 Å². The average Bonchev–Trinajstić information content (AvgIpc) is 2.45. The smallest absolute Gasteiger partial charge is 0.313 e. The number of anilines is 1. The highest BCUT2D eigenvalue weighted by Crippen LogP contribution is 2.23. The van der Waals surface area contributed by atoms with Crippen LogP contribution in [0.2, 0.25) is 0 Å². The van der Waals surface area contributed by atoms with Crippen molar-refractivity contribution in [1.82, 2.24) is 5.32 Å². The van der Waals surface area contributed by atoms with Crippen LogP contribution >= 0.6 is 0 Å². The lowest BCUT2D eigenvalue weighted by Crippen LogP contribution is -2.45. The fourth-order valence-corrected chi connectivity index (χ4v) is 2.55. The lowest BCUT2D eigenvalue weighted by Gasteiger charge is -2.29. The van der Waals surface area contributed by atoms with E-state index >= 15 is 0 Å². The van der Waals surface area contributed by atoms with E-state index in [-0.39, 0.29) is 6.04 Å². The number of halogens is 2. The van der Waals surface area contributed by atoms with Gasteiger partial charge in [-0.15, -0.1) is 0 Å². The van der Waals surface area contributed by atoms with E-state index in [0.29, 0.717) is 5.92 Å². The van der Waals surface area contributed by atoms with Crippen molar-refractivity contribution in [1.29, 1.82) is 0 Å². The normalized spacial score (nSPS) is 21.7. The summed E-state index contributed by atoms with van der Waals surface area (Å²) >= 11 is 0. The first-order valence-electron chi connectivity index (χ1n) is 7.05. The van der Waals surface area contributed by atoms with E-state index in [4.69, 9.17) is 0 Å². The molecule has 1 saturated carbocycles. The summed E-state index contributed by atoms with van der Waals surface area (Å²) in [7, 11) is 0. The summed E-state index contributed by atoms with van der Waals surface area (Å²) in [6.07, 6.45) is 3.92. The van der Waals surface area contributed by atoms with Crippen LogP contribution < -0.4 is 10.6 Å². The monoisotopic (exact) mass is 296 g/mol. The van der Waals surface area contributed by atoms with Gasteiger partial charge in [0.2, 0.25) is 0 Å². The van der Waals surface area contributed by atoms with Crippen LogP contribution in [0.1, 0.15) is 32.6 Å². The predicted molar refractivity (Wildman–Crippen MR) is 74.6 cm³/mol. The largest absolute Gasteiger partial charge is 0.345 e. The number of amides is 2. The van der Waals surface area contributed by atoms with E-state index in [2.05, 4.69) is 5.32 Å². The fraction of sp³-hybridized carbons (Fsp3) is 0.467. The number of hydrogen-bond acceptors (Lipinski definition) is 2. The van der Waals surface area contributed by atoms with E-state index in [1.807, 2.05) is 12.2 Å². The van der Waals surface area contributed by atoms with Crippen molar-refractivity contribution < 1.29 is 18.4 Å². The Morgan fingerprint density at radius 1 is 1.10 bits per heavy atom. The second-order valence-electron chi connectivity index (χ2n) is 5.39. The molecule has 0 bridgehead atoms. The number of rotatable bonds is 2. The van der Waals surface area contributed by atoms with Gasteiger partial charge in [-0.1, -0.05) is 25.8 Å². The zero-order valence-corrected chi connectivity index (χ0v) is 11.8. The summed E-state index contributed by atoms with van der Waals surface area (Å²) in [6, 6.07) is 3.14. The number of para-hydroxylation sites is 1. The predicted octanol–water partition coefficient (Wildman–Crippen LogP) is 2.60. The number of hydrogen-bond donors (Lipinski definition) is 2. The van der Waals surface area contributed by atoms with Gasteiger partial charge >= 0.3 is 11.8 Å².